The van der Waals surface area contributed by atoms with E-state index in [2.05, 4.69) is 44.3 Å². The highest BCUT2D eigenvalue weighted by Crippen LogP contribution is 2.37. The quantitative estimate of drug-likeness (QED) is 0.310. The zero-order valence-electron chi connectivity index (χ0n) is 23.3. The van der Waals surface area contributed by atoms with Gasteiger partial charge in [-0.2, -0.15) is 4.98 Å². The fourth-order valence-corrected chi connectivity index (χ4v) is 4.83. The van der Waals surface area contributed by atoms with Crippen LogP contribution in [-0.4, -0.2) is 61.3 Å². The second-order valence-corrected chi connectivity index (χ2v) is 9.80. The fourth-order valence-electron chi connectivity index (χ4n) is 4.83. The van der Waals surface area contributed by atoms with Crippen molar-refractivity contribution in [3.63, 3.8) is 0 Å². The van der Waals surface area contributed by atoms with Crippen molar-refractivity contribution in [1.29, 1.82) is 0 Å². The van der Waals surface area contributed by atoms with Gasteiger partial charge >= 0.3 is 6.09 Å². The minimum absolute atomic E-state index is 0.127. The minimum Gasteiger partial charge on any atom is -0.495 e. The minimum atomic E-state index is -0.608. The SMILES string of the molecule is COc1ccccc1N(C(=O)Oc1ccnc(Nc2ccc(N3CCN(C)CC3)cc2)n1)c1c(C)cccc1C. The van der Waals surface area contributed by atoms with Crippen LogP contribution in [-0.2, 0) is 0 Å². The summed E-state index contributed by atoms with van der Waals surface area (Å²) in [5.74, 6) is 1.00. The second-order valence-electron chi connectivity index (χ2n) is 9.80. The molecule has 9 heteroatoms. The molecule has 9 nitrogen and oxygen atoms in total. The highest BCUT2D eigenvalue weighted by Gasteiger charge is 2.26. The zero-order chi connectivity index (χ0) is 28.1. The molecule has 206 valence electrons. The molecule has 0 bridgehead atoms. The lowest BCUT2D eigenvalue weighted by molar-refractivity contribution is 0.208. The number of anilines is 5. The number of carbonyl (C=O) groups excluding carboxylic acids is 1. The number of benzene rings is 3. The van der Waals surface area contributed by atoms with E-state index >= 15 is 0 Å². The Kier molecular flexibility index (Phi) is 8.12. The number of likely N-dealkylation sites (N-methyl/N-ethyl adjacent to an activating group) is 1. The topological polar surface area (TPSA) is 83.1 Å². The first kappa shape index (κ1) is 27.0. The Morgan fingerprint density at radius 1 is 0.900 bits per heavy atom. The van der Waals surface area contributed by atoms with Gasteiger partial charge in [0.05, 0.1) is 18.5 Å². The summed E-state index contributed by atoms with van der Waals surface area (Å²) < 4.78 is 11.4. The normalized spacial score (nSPS) is 13.6. The van der Waals surface area contributed by atoms with E-state index in [-0.39, 0.29) is 5.88 Å². The molecule has 0 radical (unpaired) electrons. The Labute approximate surface area is 235 Å². The lowest BCUT2D eigenvalue weighted by atomic mass is 10.1. The molecular formula is C31H34N6O3. The third-order valence-electron chi connectivity index (χ3n) is 6.99. The van der Waals surface area contributed by atoms with Crippen LogP contribution in [0.1, 0.15) is 11.1 Å². The fraction of sp³-hybridized carbons (Fsp3) is 0.258. The first-order valence-corrected chi connectivity index (χ1v) is 13.3. The summed E-state index contributed by atoms with van der Waals surface area (Å²) in [4.78, 5) is 28.7. The van der Waals surface area contributed by atoms with Crippen LogP contribution in [0.3, 0.4) is 0 Å². The Morgan fingerprint density at radius 2 is 1.60 bits per heavy atom. The molecule has 0 atom stereocenters. The van der Waals surface area contributed by atoms with Crippen LogP contribution in [0.2, 0.25) is 0 Å². The number of amides is 1. The summed E-state index contributed by atoms with van der Waals surface area (Å²) in [5.41, 5.74) is 5.17. The number of hydrogen-bond donors (Lipinski definition) is 1. The average molecular weight is 539 g/mol. The molecule has 0 saturated carbocycles. The number of nitrogens with zero attached hydrogens (tertiary/aromatic N) is 5. The van der Waals surface area contributed by atoms with Crippen molar-refractivity contribution >= 4 is 34.8 Å². The average Bonchev–Trinajstić information content (AvgIpc) is 2.96. The zero-order valence-corrected chi connectivity index (χ0v) is 23.3. The van der Waals surface area contributed by atoms with Gasteiger partial charge in [0, 0.05) is 49.8 Å². The molecule has 0 unspecified atom stereocenters. The van der Waals surface area contributed by atoms with Gasteiger partial charge in [0.25, 0.3) is 0 Å². The Hall–Kier alpha value is -4.63. The summed E-state index contributed by atoms with van der Waals surface area (Å²) in [6.07, 6.45) is 0.950. The van der Waals surface area contributed by atoms with Gasteiger partial charge in [-0.15, -0.1) is 0 Å². The van der Waals surface area contributed by atoms with E-state index in [1.54, 1.807) is 19.4 Å². The van der Waals surface area contributed by atoms with E-state index in [1.807, 2.05) is 68.4 Å². The summed E-state index contributed by atoms with van der Waals surface area (Å²) in [7, 11) is 3.72. The molecule has 3 aromatic carbocycles. The van der Waals surface area contributed by atoms with Gasteiger partial charge in [-0.05, 0) is 68.4 Å². The number of hydrogen-bond acceptors (Lipinski definition) is 8. The number of piperazine rings is 1. The molecule has 1 aromatic heterocycles. The number of carbonyl (C=O) groups is 1. The van der Waals surface area contributed by atoms with E-state index in [0.29, 0.717) is 17.4 Å². The van der Waals surface area contributed by atoms with Crippen LogP contribution in [0.5, 0.6) is 11.6 Å². The van der Waals surface area contributed by atoms with Crippen LogP contribution >= 0.6 is 0 Å². The van der Waals surface area contributed by atoms with E-state index < -0.39 is 6.09 Å². The highest BCUT2D eigenvalue weighted by molar-refractivity contribution is 6.00. The van der Waals surface area contributed by atoms with Gasteiger partial charge in [-0.3, -0.25) is 0 Å². The van der Waals surface area contributed by atoms with Crippen LogP contribution in [0, 0.1) is 13.8 Å². The molecular weight excluding hydrogens is 504 g/mol. The van der Waals surface area contributed by atoms with Crippen LogP contribution in [0.15, 0.2) is 79.0 Å². The van der Waals surface area contributed by atoms with E-state index in [0.717, 1.165) is 48.7 Å². The third-order valence-corrected chi connectivity index (χ3v) is 6.99. The van der Waals surface area contributed by atoms with Crippen LogP contribution in [0.25, 0.3) is 0 Å². The van der Waals surface area contributed by atoms with E-state index in [4.69, 9.17) is 9.47 Å². The number of aryl methyl sites for hydroxylation is 2. The smallest absolute Gasteiger partial charge is 0.425 e. The lowest BCUT2D eigenvalue weighted by Gasteiger charge is -2.34. The predicted octanol–water partition coefficient (Wildman–Crippen LogP) is 5.93. The van der Waals surface area contributed by atoms with Crippen LogP contribution < -0.4 is 24.6 Å². The molecule has 0 spiro atoms. The van der Waals surface area contributed by atoms with Crippen molar-refractivity contribution in [2.45, 2.75) is 13.8 Å². The van der Waals surface area contributed by atoms with Gasteiger partial charge in [0.1, 0.15) is 5.75 Å². The number of aromatic nitrogens is 2. The monoisotopic (exact) mass is 538 g/mol. The Morgan fingerprint density at radius 3 is 2.30 bits per heavy atom. The number of para-hydroxylation sites is 3. The van der Waals surface area contributed by atoms with Crippen LogP contribution in [0.4, 0.5) is 33.5 Å². The summed E-state index contributed by atoms with van der Waals surface area (Å²) in [6, 6.07) is 23.0. The second kappa shape index (κ2) is 12.0. The number of ether oxygens (including phenoxy) is 2. The van der Waals surface area contributed by atoms with Crippen molar-refractivity contribution in [3.05, 3.63) is 90.1 Å². The van der Waals surface area contributed by atoms with Crippen molar-refractivity contribution in [2.75, 3.05) is 55.5 Å². The molecule has 1 aliphatic rings. The largest absolute Gasteiger partial charge is 0.495 e. The van der Waals surface area contributed by atoms with Crippen molar-refractivity contribution in [3.8, 4) is 11.6 Å². The first-order valence-electron chi connectivity index (χ1n) is 13.3. The number of methoxy groups -OCH3 is 1. The number of nitrogens with one attached hydrogen (secondary N) is 1. The molecule has 40 heavy (non-hydrogen) atoms. The molecule has 1 amide bonds. The highest BCUT2D eigenvalue weighted by atomic mass is 16.6. The maximum Gasteiger partial charge on any atom is 0.425 e. The molecule has 5 rings (SSSR count). The molecule has 1 aliphatic heterocycles. The molecule has 4 aromatic rings. The number of rotatable bonds is 7. The molecule has 1 N–H and O–H groups in total. The Bertz CT molecular complexity index is 1450. The van der Waals surface area contributed by atoms with Gasteiger partial charge in [-0.1, -0.05) is 30.3 Å². The molecule has 0 aliphatic carbocycles. The lowest BCUT2D eigenvalue weighted by Crippen LogP contribution is -2.44. The third kappa shape index (κ3) is 6.00. The summed E-state index contributed by atoms with van der Waals surface area (Å²) in [6.45, 7) is 8.04. The summed E-state index contributed by atoms with van der Waals surface area (Å²) in [5, 5.41) is 3.21. The summed E-state index contributed by atoms with van der Waals surface area (Å²) >= 11 is 0. The van der Waals surface area contributed by atoms with Crippen molar-refractivity contribution in [1.82, 2.24) is 14.9 Å². The molecule has 1 saturated heterocycles. The van der Waals surface area contributed by atoms with Crippen molar-refractivity contribution in [2.24, 2.45) is 0 Å². The molecule has 2 heterocycles. The standard InChI is InChI=1S/C31H34N6O3/c1-22-8-7-9-23(2)29(22)37(26-10-5-6-11-27(26)39-4)31(38)40-28-16-17-32-30(34-28)33-24-12-14-25(15-13-24)36-20-18-35(3)19-21-36/h5-17H,18-21H2,1-4H3,(H,32,33,34). The Balaban J connectivity index is 1.35. The van der Waals surface area contributed by atoms with Gasteiger partial charge in [0.2, 0.25) is 11.8 Å². The van der Waals surface area contributed by atoms with E-state index in [9.17, 15) is 4.79 Å². The molecule has 1 fully saturated rings. The van der Waals surface area contributed by atoms with Gasteiger partial charge < -0.3 is 24.6 Å². The first-order chi connectivity index (χ1) is 19.4. The van der Waals surface area contributed by atoms with E-state index in [1.165, 1.54) is 10.6 Å². The maximum absolute atomic E-state index is 13.7. The predicted molar refractivity (Wildman–Crippen MR) is 159 cm³/mol. The van der Waals surface area contributed by atoms with Gasteiger partial charge in [-0.25, -0.2) is 14.7 Å². The van der Waals surface area contributed by atoms with Gasteiger partial charge in [0.15, 0.2) is 0 Å². The van der Waals surface area contributed by atoms with Crippen molar-refractivity contribution < 1.29 is 14.3 Å². The maximum atomic E-state index is 13.7.